The van der Waals surface area contributed by atoms with E-state index in [4.69, 9.17) is 0 Å². The molecule has 4 rings (SSSR count). The number of imidazole rings is 1. The molecule has 1 N–H and O–H groups in total. The highest BCUT2D eigenvalue weighted by atomic mass is 32.1. The van der Waals surface area contributed by atoms with Crippen LogP contribution in [-0.4, -0.2) is 4.98 Å². The van der Waals surface area contributed by atoms with Gasteiger partial charge in [-0.15, -0.1) is 0 Å². The highest BCUT2D eigenvalue weighted by Gasteiger charge is 2.14. The number of aromatic amines is 1. The number of H-pyrrole nitrogens is 1. The maximum Gasteiger partial charge on any atom is 0.344 e. The minimum Gasteiger partial charge on any atom is -0.227 e. The molecule has 0 saturated heterocycles. The maximum atomic E-state index is 3.48. The Morgan fingerprint density at radius 3 is 3.00 bits per heavy atom. The van der Waals surface area contributed by atoms with Crippen LogP contribution in [0.5, 0.6) is 0 Å². The van der Waals surface area contributed by atoms with Gasteiger partial charge in [-0.25, -0.2) is 4.98 Å². The van der Waals surface area contributed by atoms with Crippen molar-refractivity contribution in [2.75, 3.05) is 0 Å². The molecule has 76 valence electrons. The predicted octanol–water partition coefficient (Wildman–Crippen LogP) is 3.12. The zero-order chi connectivity index (χ0) is 10.5. The lowest BCUT2D eigenvalue weighted by Crippen LogP contribution is -2.14. The van der Waals surface area contributed by atoms with Gasteiger partial charge in [-0.05, 0) is 23.6 Å². The summed E-state index contributed by atoms with van der Waals surface area (Å²) in [5.41, 5.74) is 2.47. The van der Waals surface area contributed by atoms with Crippen molar-refractivity contribution in [2.45, 2.75) is 0 Å². The first-order valence-corrected chi connectivity index (χ1v) is 6.10. The molecule has 0 amide bonds. The Bertz CT molecular complexity index is 804. The van der Waals surface area contributed by atoms with Crippen molar-refractivity contribution in [3.63, 3.8) is 0 Å². The van der Waals surface area contributed by atoms with Crippen LogP contribution in [0.1, 0.15) is 0 Å². The second-order valence-electron chi connectivity index (χ2n) is 3.88. The summed E-state index contributed by atoms with van der Waals surface area (Å²) < 4.78 is 2.20. The minimum atomic E-state index is 1.19. The van der Waals surface area contributed by atoms with Crippen molar-refractivity contribution in [1.82, 2.24) is 4.98 Å². The second kappa shape index (κ2) is 2.83. The third-order valence-corrected chi connectivity index (χ3v) is 3.79. The summed E-state index contributed by atoms with van der Waals surface area (Å²) in [5, 5.41) is 4.67. The summed E-state index contributed by atoms with van der Waals surface area (Å²) in [4.78, 5) is 4.67. The lowest BCUT2D eigenvalue weighted by atomic mass is 10.1. The normalized spacial score (nSPS) is 11.8. The monoisotopic (exact) mass is 225 g/mol. The van der Waals surface area contributed by atoms with Gasteiger partial charge in [-0.1, -0.05) is 29.5 Å². The minimum absolute atomic E-state index is 1.19. The Labute approximate surface area is 95.8 Å². The summed E-state index contributed by atoms with van der Waals surface area (Å²) in [6.07, 6.45) is 2.10. The highest BCUT2D eigenvalue weighted by molar-refractivity contribution is 7.14. The van der Waals surface area contributed by atoms with Crippen LogP contribution in [0, 0.1) is 0 Å². The van der Waals surface area contributed by atoms with Gasteiger partial charge in [-0.2, -0.15) is 4.40 Å². The Morgan fingerprint density at radius 1 is 1.06 bits per heavy atom. The van der Waals surface area contributed by atoms with Crippen molar-refractivity contribution in [3.05, 3.63) is 48.0 Å². The molecule has 0 aliphatic carbocycles. The van der Waals surface area contributed by atoms with Crippen LogP contribution in [0.4, 0.5) is 0 Å². The van der Waals surface area contributed by atoms with Gasteiger partial charge in [0.15, 0.2) is 11.0 Å². The molecule has 0 aliphatic rings. The maximum absolute atomic E-state index is 3.48. The van der Waals surface area contributed by atoms with E-state index in [9.17, 15) is 0 Å². The first-order valence-electron chi connectivity index (χ1n) is 5.22. The molecule has 0 unspecified atom stereocenters. The molecule has 4 aromatic rings. The number of benzene rings is 2. The van der Waals surface area contributed by atoms with Crippen LogP contribution in [0.3, 0.4) is 0 Å². The van der Waals surface area contributed by atoms with Crippen LogP contribution in [0.25, 0.3) is 26.8 Å². The van der Waals surface area contributed by atoms with E-state index in [2.05, 4.69) is 57.4 Å². The van der Waals surface area contributed by atoms with Crippen LogP contribution >= 0.6 is 11.3 Å². The van der Waals surface area contributed by atoms with E-state index in [0.717, 1.165) is 0 Å². The molecule has 2 heterocycles. The van der Waals surface area contributed by atoms with E-state index < -0.39 is 0 Å². The number of fused-ring (bicyclic) bond motifs is 5. The lowest BCUT2D eigenvalue weighted by Gasteiger charge is -1.94. The average Bonchev–Trinajstić information content (AvgIpc) is 2.88. The summed E-state index contributed by atoms with van der Waals surface area (Å²) in [6, 6.07) is 12.8. The quantitative estimate of drug-likeness (QED) is 0.444. The number of hydrogen-bond donors (Lipinski definition) is 1. The van der Waals surface area contributed by atoms with E-state index in [1.54, 1.807) is 11.3 Å². The van der Waals surface area contributed by atoms with Crippen molar-refractivity contribution in [1.29, 1.82) is 0 Å². The molecular weight excluding hydrogens is 216 g/mol. The van der Waals surface area contributed by atoms with E-state index in [-0.39, 0.29) is 0 Å². The molecule has 0 spiro atoms. The summed E-state index contributed by atoms with van der Waals surface area (Å²) in [7, 11) is 0. The van der Waals surface area contributed by atoms with Crippen LogP contribution < -0.4 is 4.40 Å². The summed E-state index contributed by atoms with van der Waals surface area (Å²) >= 11 is 1.73. The molecular formula is C13H9N2S+. The Kier molecular flexibility index (Phi) is 1.47. The SMILES string of the molecule is c1ccc2c(c1)ccc1c2[nH]c2scc[n+]21. The Morgan fingerprint density at radius 2 is 2.00 bits per heavy atom. The van der Waals surface area contributed by atoms with Crippen molar-refractivity contribution < 1.29 is 4.40 Å². The van der Waals surface area contributed by atoms with Gasteiger partial charge in [0, 0.05) is 10.8 Å². The van der Waals surface area contributed by atoms with Gasteiger partial charge in [-0.3, -0.25) is 0 Å². The molecule has 0 fully saturated rings. The molecule has 0 aliphatic heterocycles. The number of rotatable bonds is 0. The fourth-order valence-corrected chi connectivity index (χ4v) is 3.00. The zero-order valence-electron chi connectivity index (χ0n) is 8.47. The van der Waals surface area contributed by atoms with Crippen LogP contribution in [0.2, 0.25) is 0 Å². The zero-order valence-corrected chi connectivity index (χ0v) is 9.29. The number of hydrogen-bond acceptors (Lipinski definition) is 1. The summed E-state index contributed by atoms with van der Waals surface area (Å²) in [6.45, 7) is 0. The first-order chi connectivity index (χ1) is 7.93. The Balaban J connectivity index is 2.36. The highest BCUT2D eigenvalue weighted by Crippen LogP contribution is 2.23. The molecule has 2 aromatic carbocycles. The number of nitrogens with one attached hydrogen (secondary N) is 1. The van der Waals surface area contributed by atoms with Gasteiger partial charge in [0.05, 0.1) is 0 Å². The van der Waals surface area contributed by atoms with Gasteiger partial charge < -0.3 is 0 Å². The fraction of sp³-hybridized carbons (Fsp3) is 0. The van der Waals surface area contributed by atoms with E-state index in [0.29, 0.717) is 0 Å². The van der Waals surface area contributed by atoms with Crippen molar-refractivity contribution >= 4 is 38.1 Å². The molecule has 0 atom stereocenters. The van der Waals surface area contributed by atoms with Crippen molar-refractivity contribution in [3.8, 4) is 0 Å². The smallest absolute Gasteiger partial charge is 0.227 e. The van der Waals surface area contributed by atoms with Gasteiger partial charge >= 0.3 is 4.96 Å². The lowest BCUT2D eigenvalue weighted by molar-refractivity contribution is -0.476. The largest absolute Gasteiger partial charge is 0.344 e. The van der Waals surface area contributed by atoms with Gasteiger partial charge in [0.2, 0.25) is 0 Å². The summed E-state index contributed by atoms with van der Waals surface area (Å²) in [5.74, 6) is 0. The molecule has 0 bridgehead atoms. The third kappa shape index (κ3) is 0.933. The number of nitrogens with zero attached hydrogens (tertiary/aromatic N) is 1. The molecule has 16 heavy (non-hydrogen) atoms. The first kappa shape index (κ1) is 8.30. The number of thiazole rings is 1. The fourth-order valence-electron chi connectivity index (χ4n) is 2.26. The van der Waals surface area contributed by atoms with E-state index >= 15 is 0 Å². The van der Waals surface area contributed by atoms with Crippen LogP contribution in [0.15, 0.2) is 48.0 Å². The molecule has 2 nitrogen and oxygen atoms in total. The molecule has 0 radical (unpaired) electrons. The Hall–Kier alpha value is -1.87. The number of aromatic nitrogens is 2. The second-order valence-corrected chi connectivity index (χ2v) is 4.78. The molecule has 2 aromatic heterocycles. The standard InChI is InChI=1S/C13H8N2S/c1-2-4-10-9(3-1)5-6-11-12(10)14-13-15(11)7-8-16-13/h1-8H/p+1. The van der Waals surface area contributed by atoms with E-state index in [1.807, 2.05) is 0 Å². The van der Waals surface area contributed by atoms with Gasteiger partial charge in [0.1, 0.15) is 6.20 Å². The molecule has 3 heteroatoms. The van der Waals surface area contributed by atoms with E-state index in [1.165, 1.54) is 26.8 Å². The average molecular weight is 225 g/mol. The third-order valence-electron chi connectivity index (χ3n) is 3.01. The predicted molar refractivity (Wildman–Crippen MR) is 66.8 cm³/mol. The topological polar surface area (TPSA) is 19.9 Å². The van der Waals surface area contributed by atoms with Crippen LogP contribution in [-0.2, 0) is 0 Å². The van der Waals surface area contributed by atoms with Crippen molar-refractivity contribution in [2.24, 2.45) is 0 Å². The molecule has 0 saturated carbocycles. The van der Waals surface area contributed by atoms with Gasteiger partial charge in [0.25, 0.3) is 0 Å².